The molecule has 1 heterocycles. The maximum Gasteiger partial charge on any atom is 0.269 e. The number of H-pyrrole nitrogens is 2. The number of nitrogens with zero attached hydrogens (tertiary/aromatic N) is 2. The number of hydrogen-bond acceptors (Lipinski definition) is 2. The third-order valence-corrected chi connectivity index (χ3v) is 0.388. The fraction of sp³-hybridized carbons (Fsp3) is 0. The Balaban J connectivity index is 3.41. The molecule has 0 aliphatic heterocycles. The summed E-state index contributed by atoms with van der Waals surface area (Å²) in [4.78, 5) is 9.81. The van der Waals surface area contributed by atoms with Gasteiger partial charge in [-0.05, 0) is 4.91 Å². The number of aromatic amines is 2. The molecule has 5 nitrogen and oxygen atoms in total. The number of aromatic nitrogens is 4. The Morgan fingerprint density at radius 2 is 2.67 bits per heavy atom. The van der Waals surface area contributed by atoms with Gasteiger partial charge in [0.15, 0.2) is 4.66 Å². The zero-order chi connectivity index (χ0) is 4.41. The van der Waals surface area contributed by atoms with Crippen LogP contribution in [0, 0.1) is 4.91 Å². The van der Waals surface area contributed by atoms with Crippen molar-refractivity contribution in [1.82, 2.24) is 15.4 Å². The van der Waals surface area contributed by atoms with Crippen LogP contribution in [0.2, 0.25) is 0 Å². The smallest absolute Gasteiger partial charge is 0.128 e. The number of rotatable bonds is 0. The molecule has 0 amide bonds. The van der Waals surface area contributed by atoms with Crippen LogP contribution in [-0.2, 0) is 0 Å². The molecular weight excluding hydrogens is 84.0 g/mol. The highest BCUT2D eigenvalue weighted by molar-refractivity contribution is 4.18. The molecule has 0 radical (unpaired) electrons. The second-order valence-corrected chi connectivity index (χ2v) is 0.782. The lowest BCUT2D eigenvalue weighted by Crippen LogP contribution is -2.17. The monoisotopic (exact) mass is 87.0 g/mol. The molecule has 5 heteroatoms. The normalized spacial score (nSPS) is 8.67. The Hall–Kier alpha value is -1.13. The van der Waals surface area contributed by atoms with E-state index in [9.17, 15) is 4.91 Å². The number of nitrogens with one attached hydrogen (secondary N) is 2. The van der Waals surface area contributed by atoms with Crippen molar-refractivity contribution in [2.45, 2.75) is 0 Å². The highest BCUT2D eigenvalue weighted by Crippen LogP contribution is 1.38. The summed E-state index contributed by atoms with van der Waals surface area (Å²) < 4.78 is 0.389. The second-order valence-electron chi connectivity index (χ2n) is 0.782. The topological polar surface area (TPSA) is 67.4 Å². The van der Waals surface area contributed by atoms with Gasteiger partial charge < -0.3 is 0 Å². The molecule has 0 aliphatic carbocycles. The molecule has 0 unspecified atom stereocenters. The van der Waals surface area contributed by atoms with Crippen molar-refractivity contribution < 1.29 is 4.66 Å². The van der Waals surface area contributed by atoms with Crippen molar-refractivity contribution >= 4 is 0 Å². The lowest BCUT2D eigenvalue weighted by Gasteiger charge is -1.42. The first-order valence-corrected chi connectivity index (χ1v) is 1.40. The molecule has 0 aliphatic rings. The highest BCUT2D eigenvalue weighted by Gasteiger charge is 1.78. The third kappa shape index (κ3) is 0.291. The Morgan fingerprint density at radius 3 is 2.83 bits per heavy atom. The summed E-state index contributed by atoms with van der Waals surface area (Å²) in [5, 5.41) is 7.54. The predicted octanol–water partition coefficient (Wildman–Crippen LogP) is -1.35. The van der Waals surface area contributed by atoms with Crippen LogP contribution in [-0.4, -0.2) is 15.4 Å². The van der Waals surface area contributed by atoms with Crippen LogP contribution in [0.3, 0.4) is 0 Å². The van der Waals surface area contributed by atoms with Crippen molar-refractivity contribution in [2.75, 3.05) is 0 Å². The van der Waals surface area contributed by atoms with Gasteiger partial charge in [0.1, 0.15) is 0 Å². The molecule has 0 bridgehead atoms. The highest BCUT2D eigenvalue weighted by atomic mass is 16.3. The van der Waals surface area contributed by atoms with Gasteiger partial charge in [-0.15, -0.1) is 5.10 Å². The lowest BCUT2D eigenvalue weighted by atomic mass is 11.4. The van der Waals surface area contributed by atoms with Gasteiger partial charge in [0, 0.05) is 5.21 Å². The van der Waals surface area contributed by atoms with E-state index in [1.54, 1.807) is 0 Å². The Morgan fingerprint density at radius 1 is 1.83 bits per heavy atom. The van der Waals surface area contributed by atoms with Crippen LogP contribution in [0.4, 0.5) is 0 Å². The van der Waals surface area contributed by atoms with Crippen molar-refractivity contribution in [3.63, 3.8) is 0 Å². The summed E-state index contributed by atoms with van der Waals surface area (Å²) >= 11 is 0. The van der Waals surface area contributed by atoms with E-state index in [1.165, 1.54) is 6.33 Å². The lowest BCUT2D eigenvalue weighted by molar-refractivity contribution is -0.625. The average molecular weight is 87.1 g/mol. The van der Waals surface area contributed by atoms with Crippen molar-refractivity contribution in [3.05, 3.63) is 11.2 Å². The van der Waals surface area contributed by atoms with Gasteiger partial charge >= 0.3 is 0 Å². The standard InChI is InChI=1S/CH3N4O/c6-5-3-1-2-4-5/h1H,(H2,2,3,4,6)/q+1. The van der Waals surface area contributed by atoms with E-state index < -0.39 is 0 Å². The van der Waals surface area contributed by atoms with E-state index >= 15 is 0 Å². The van der Waals surface area contributed by atoms with Crippen molar-refractivity contribution in [2.24, 2.45) is 0 Å². The zero-order valence-electron chi connectivity index (χ0n) is 2.88. The van der Waals surface area contributed by atoms with Crippen LogP contribution in [0.5, 0.6) is 0 Å². The molecule has 1 rings (SSSR count). The fourth-order valence-corrected chi connectivity index (χ4v) is 0.191. The molecule has 0 fully saturated rings. The van der Waals surface area contributed by atoms with Crippen LogP contribution in [0.1, 0.15) is 0 Å². The summed E-state index contributed by atoms with van der Waals surface area (Å²) in [5.74, 6) is 0. The maximum atomic E-state index is 9.81. The Labute approximate surface area is 32.6 Å². The van der Waals surface area contributed by atoms with Crippen molar-refractivity contribution in [1.29, 1.82) is 0 Å². The molecule has 0 aromatic carbocycles. The van der Waals surface area contributed by atoms with Crippen LogP contribution in [0.25, 0.3) is 0 Å². The summed E-state index contributed by atoms with van der Waals surface area (Å²) in [6, 6.07) is 0. The first-order chi connectivity index (χ1) is 2.89. The van der Waals surface area contributed by atoms with Crippen LogP contribution < -0.4 is 4.66 Å². The van der Waals surface area contributed by atoms with Gasteiger partial charge in [0.25, 0.3) is 6.33 Å². The third-order valence-electron chi connectivity index (χ3n) is 0.388. The quantitative estimate of drug-likeness (QED) is 0.384. The number of tetrazole rings is 1. The summed E-state index contributed by atoms with van der Waals surface area (Å²) in [6.45, 7) is 0. The van der Waals surface area contributed by atoms with E-state index in [-0.39, 0.29) is 0 Å². The molecule has 2 N–H and O–H groups in total. The van der Waals surface area contributed by atoms with Gasteiger partial charge in [0.05, 0.1) is 5.10 Å². The molecule has 0 atom stereocenters. The predicted molar refractivity (Wildman–Crippen MR) is 16.3 cm³/mol. The largest absolute Gasteiger partial charge is 0.269 e. The molecule has 0 saturated heterocycles. The SMILES string of the molecule is O=[n+]1[nH]cn[nH]1. The summed E-state index contributed by atoms with van der Waals surface area (Å²) in [6.07, 6.45) is 1.26. The first kappa shape index (κ1) is 3.08. The molecule has 6 heavy (non-hydrogen) atoms. The van der Waals surface area contributed by atoms with E-state index in [4.69, 9.17) is 0 Å². The maximum absolute atomic E-state index is 9.81. The minimum absolute atomic E-state index is 0.389. The van der Waals surface area contributed by atoms with Gasteiger partial charge in [0.2, 0.25) is 0 Å². The molecule has 1 aromatic rings. The zero-order valence-corrected chi connectivity index (χ0v) is 2.88. The molecule has 32 valence electrons. The Bertz CT molecular complexity index is 145. The second kappa shape index (κ2) is 0.925. The molecular formula is CH3N4O+. The van der Waals surface area contributed by atoms with E-state index in [1.807, 2.05) is 0 Å². The van der Waals surface area contributed by atoms with Gasteiger partial charge in [-0.1, -0.05) is 0 Å². The van der Waals surface area contributed by atoms with E-state index in [0.717, 1.165) is 0 Å². The van der Waals surface area contributed by atoms with Gasteiger partial charge in [-0.25, -0.2) is 0 Å². The van der Waals surface area contributed by atoms with E-state index in [0.29, 0.717) is 4.66 Å². The van der Waals surface area contributed by atoms with Crippen LogP contribution in [0.15, 0.2) is 6.33 Å². The molecule has 1 aromatic heterocycles. The minimum atomic E-state index is 0.389. The summed E-state index contributed by atoms with van der Waals surface area (Å²) in [5.41, 5.74) is 0. The van der Waals surface area contributed by atoms with Gasteiger partial charge in [-0.3, -0.25) is 0 Å². The minimum Gasteiger partial charge on any atom is -0.128 e. The fourth-order valence-electron chi connectivity index (χ4n) is 0.191. The summed E-state index contributed by atoms with van der Waals surface area (Å²) in [7, 11) is 0. The van der Waals surface area contributed by atoms with E-state index in [2.05, 4.69) is 15.4 Å². The Kier molecular flexibility index (Phi) is 0.474. The average Bonchev–Trinajstić information content (AvgIpc) is 1.86. The number of hydrogen-bond donors (Lipinski definition) is 2. The molecule has 0 spiro atoms. The van der Waals surface area contributed by atoms with Gasteiger partial charge in [-0.2, -0.15) is 0 Å². The van der Waals surface area contributed by atoms with Crippen molar-refractivity contribution in [3.8, 4) is 0 Å². The van der Waals surface area contributed by atoms with Crippen LogP contribution >= 0.6 is 0 Å². The molecule has 0 saturated carbocycles. The first-order valence-electron chi connectivity index (χ1n) is 1.40.